The van der Waals surface area contributed by atoms with Crippen molar-refractivity contribution in [2.24, 2.45) is 0 Å². The highest BCUT2D eigenvalue weighted by Crippen LogP contribution is 2.24. The molecule has 1 aliphatic rings. The minimum Gasteiger partial charge on any atom is -0.481 e. The molecule has 0 atom stereocenters. The number of pyridine rings is 1. The van der Waals surface area contributed by atoms with Crippen LogP contribution in [-0.2, 0) is 19.5 Å². The Hall–Kier alpha value is -2.07. The van der Waals surface area contributed by atoms with E-state index in [1.807, 2.05) is 12.1 Å². The quantitative estimate of drug-likeness (QED) is 0.868. The third-order valence-electron chi connectivity index (χ3n) is 3.76. The van der Waals surface area contributed by atoms with Crippen LogP contribution in [0, 0.1) is 0 Å². The standard InChI is InChI=1S/C16H19N3O/c1-20-16-13(3-2-7-18-16)10-19-8-6-12-4-5-15(17)9-14(12)11-19/h2-5,7,9H,6,8,10-11,17H2,1H3. The third-order valence-corrected chi connectivity index (χ3v) is 3.76. The zero-order valence-corrected chi connectivity index (χ0v) is 11.7. The number of nitrogen functional groups attached to an aromatic ring is 1. The molecule has 104 valence electrons. The number of hydrogen-bond donors (Lipinski definition) is 1. The summed E-state index contributed by atoms with van der Waals surface area (Å²) in [5, 5.41) is 0. The molecule has 0 unspecified atom stereocenters. The highest BCUT2D eigenvalue weighted by atomic mass is 16.5. The summed E-state index contributed by atoms with van der Waals surface area (Å²) in [5.41, 5.74) is 10.6. The molecule has 3 rings (SSSR count). The molecule has 0 radical (unpaired) electrons. The van der Waals surface area contributed by atoms with Crippen molar-refractivity contribution in [3.63, 3.8) is 0 Å². The van der Waals surface area contributed by atoms with Gasteiger partial charge in [0.15, 0.2) is 0 Å². The van der Waals surface area contributed by atoms with Crippen molar-refractivity contribution in [2.75, 3.05) is 19.4 Å². The maximum Gasteiger partial charge on any atom is 0.217 e. The van der Waals surface area contributed by atoms with E-state index < -0.39 is 0 Å². The molecular formula is C16H19N3O. The zero-order valence-electron chi connectivity index (χ0n) is 11.7. The van der Waals surface area contributed by atoms with Gasteiger partial charge in [-0.1, -0.05) is 12.1 Å². The fourth-order valence-electron chi connectivity index (χ4n) is 2.74. The molecule has 0 amide bonds. The van der Waals surface area contributed by atoms with Gasteiger partial charge in [-0.15, -0.1) is 0 Å². The van der Waals surface area contributed by atoms with Crippen molar-refractivity contribution in [3.8, 4) is 5.88 Å². The van der Waals surface area contributed by atoms with E-state index in [0.717, 1.165) is 37.3 Å². The van der Waals surface area contributed by atoms with E-state index in [1.54, 1.807) is 13.3 Å². The highest BCUT2D eigenvalue weighted by Gasteiger charge is 2.17. The van der Waals surface area contributed by atoms with Crippen LogP contribution in [0.3, 0.4) is 0 Å². The van der Waals surface area contributed by atoms with Crippen LogP contribution in [0.1, 0.15) is 16.7 Å². The number of rotatable bonds is 3. The first-order valence-corrected chi connectivity index (χ1v) is 6.84. The van der Waals surface area contributed by atoms with E-state index >= 15 is 0 Å². The summed E-state index contributed by atoms with van der Waals surface area (Å²) in [6, 6.07) is 10.2. The Labute approximate surface area is 119 Å². The summed E-state index contributed by atoms with van der Waals surface area (Å²) in [7, 11) is 1.66. The normalized spacial score (nSPS) is 14.8. The molecule has 2 heterocycles. The lowest BCUT2D eigenvalue weighted by Crippen LogP contribution is -2.30. The average molecular weight is 269 g/mol. The van der Waals surface area contributed by atoms with Crippen molar-refractivity contribution in [3.05, 3.63) is 53.2 Å². The first kappa shape index (κ1) is 12.9. The summed E-state index contributed by atoms with van der Waals surface area (Å²) in [5.74, 6) is 0.714. The molecule has 0 saturated carbocycles. The van der Waals surface area contributed by atoms with Gasteiger partial charge in [0.2, 0.25) is 5.88 Å². The number of methoxy groups -OCH3 is 1. The molecule has 1 aromatic heterocycles. The summed E-state index contributed by atoms with van der Waals surface area (Å²) in [4.78, 5) is 6.66. The number of nitrogens with zero attached hydrogens (tertiary/aromatic N) is 2. The van der Waals surface area contributed by atoms with Crippen LogP contribution in [-0.4, -0.2) is 23.5 Å². The summed E-state index contributed by atoms with van der Waals surface area (Å²) in [6.07, 6.45) is 2.83. The number of benzene rings is 1. The lowest BCUT2D eigenvalue weighted by atomic mass is 9.99. The van der Waals surface area contributed by atoms with Gasteiger partial charge in [-0.25, -0.2) is 4.98 Å². The first-order valence-electron chi connectivity index (χ1n) is 6.84. The van der Waals surface area contributed by atoms with Crippen molar-refractivity contribution in [2.45, 2.75) is 19.5 Å². The summed E-state index contributed by atoms with van der Waals surface area (Å²) < 4.78 is 5.32. The van der Waals surface area contributed by atoms with Gasteiger partial charge in [0, 0.05) is 37.1 Å². The van der Waals surface area contributed by atoms with Crippen LogP contribution in [0.4, 0.5) is 5.69 Å². The molecule has 1 aromatic carbocycles. The fraction of sp³-hybridized carbons (Fsp3) is 0.312. The second-order valence-corrected chi connectivity index (χ2v) is 5.16. The Bertz CT molecular complexity index is 612. The Balaban J connectivity index is 1.77. The molecular weight excluding hydrogens is 250 g/mol. The fourth-order valence-corrected chi connectivity index (χ4v) is 2.74. The second-order valence-electron chi connectivity index (χ2n) is 5.16. The van der Waals surface area contributed by atoms with Crippen LogP contribution in [0.15, 0.2) is 36.5 Å². The minimum atomic E-state index is 0.714. The van der Waals surface area contributed by atoms with Crippen molar-refractivity contribution >= 4 is 5.69 Å². The van der Waals surface area contributed by atoms with E-state index in [1.165, 1.54) is 11.1 Å². The number of anilines is 1. The molecule has 0 spiro atoms. The van der Waals surface area contributed by atoms with E-state index in [0.29, 0.717) is 5.88 Å². The van der Waals surface area contributed by atoms with Crippen molar-refractivity contribution in [1.82, 2.24) is 9.88 Å². The van der Waals surface area contributed by atoms with Crippen LogP contribution in [0.25, 0.3) is 0 Å². The number of nitrogens with two attached hydrogens (primary N) is 1. The molecule has 0 bridgehead atoms. The Morgan fingerprint density at radius 1 is 1.30 bits per heavy atom. The molecule has 1 aliphatic heterocycles. The lowest BCUT2D eigenvalue weighted by molar-refractivity contribution is 0.241. The third kappa shape index (κ3) is 2.60. The number of fused-ring (bicyclic) bond motifs is 1. The second kappa shape index (κ2) is 5.51. The van der Waals surface area contributed by atoms with Gasteiger partial charge < -0.3 is 10.5 Å². The average Bonchev–Trinajstić information content (AvgIpc) is 2.47. The number of hydrogen-bond acceptors (Lipinski definition) is 4. The van der Waals surface area contributed by atoms with Gasteiger partial charge in [0.1, 0.15) is 0 Å². The van der Waals surface area contributed by atoms with Gasteiger partial charge in [-0.3, -0.25) is 4.90 Å². The monoisotopic (exact) mass is 269 g/mol. The smallest absolute Gasteiger partial charge is 0.217 e. The van der Waals surface area contributed by atoms with Crippen molar-refractivity contribution in [1.29, 1.82) is 0 Å². The molecule has 20 heavy (non-hydrogen) atoms. The van der Waals surface area contributed by atoms with Gasteiger partial charge >= 0.3 is 0 Å². The van der Waals surface area contributed by atoms with Crippen LogP contribution in [0.5, 0.6) is 5.88 Å². The molecule has 4 nitrogen and oxygen atoms in total. The van der Waals surface area contributed by atoms with E-state index in [9.17, 15) is 0 Å². The van der Waals surface area contributed by atoms with E-state index in [2.05, 4.69) is 28.1 Å². The van der Waals surface area contributed by atoms with Crippen LogP contribution in [0.2, 0.25) is 0 Å². The minimum absolute atomic E-state index is 0.714. The zero-order chi connectivity index (χ0) is 13.9. The van der Waals surface area contributed by atoms with E-state index in [4.69, 9.17) is 10.5 Å². The van der Waals surface area contributed by atoms with Crippen LogP contribution < -0.4 is 10.5 Å². The summed E-state index contributed by atoms with van der Waals surface area (Å²) in [6.45, 7) is 2.83. The largest absolute Gasteiger partial charge is 0.481 e. The van der Waals surface area contributed by atoms with Crippen LogP contribution >= 0.6 is 0 Å². The lowest BCUT2D eigenvalue weighted by Gasteiger charge is -2.29. The molecule has 0 saturated heterocycles. The number of ether oxygens (including phenoxy) is 1. The Morgan fingerprint density at radius 2 is 2.20 bits per heavy atom. The summed E-state index contributed by atoms with van der Waals surface area (Å²) >= 11 is 0. The van der Waals surface area contributed by atoms with Gasteiger partial charge in [0.25, 0.3) is 0 Å². The van der Waals surface area contributed by atoms with Gasteiger partial charge in [-0.2, -0.15) is 0 Å². The molecule has 4 heteroatoms. The predicted octanol–water partition coefficient (Wildman–Crippen LogP) is 2.23. The SMILES string of the molecule is COc1ncccc1CN1CCc2ccc(N)cc2C1. The van der Waals surface area contributed by atoms with E-state index in [-0.39, 0.29) is 0 Å². The number of aromatic nitrogens is 1. The highest BCUT2D eigenvalue weighted by molar-refractivity contribution is 5.45. The topological polar surface area (TPSA) is 51.4 Å². The molecule has 2 N–H and O–H groups in total. The first-order chi connectivity index (χ1) is 9.76. The predicted molar refractivity (Wildman–Crippen MR) is 79.5 cm³/mol. The Morgan fingerprint density at radius 3 is 3.05 bits per heavy atom. The molecule has 0 fully saturated rings. The van der Waals surface area contributed by atoms with Gasteiger partial charge in [0.05, 0.1) is 7.11 Å². The maximum absolute atomic E-state index is 5.88. The molecule has 0 aliphatic carbocycles. The molecule has 2 aromatic rings. The Kier molecular flexibility index (Phi) is 3.56. The van der Waals surface area contributed by atoms with Gasteiger partial charge in [-0.05, 0) is 35.7 Å². The maximum atomic E-state index is 5.88. The van der Waals surface area contributed by atoms with Crippen molar-refractivity contribution < 1.29 is 4.74 Å².